The molecule has 1 heterocycles. The Morgan fingerprint density at radius 3 is 2.61 bits per heavy atom. The highest BCUT2D eigenvalue weighted by atomic mass is 35.5. The number of nitrogens with zero attached hydrogens (tertiary/aromatic N) is 3. The zero-order valence-electron chi connectivity index (χ0n) is 19.1. The van der Waals surface area contributed by atoms with Crippen molar-refractivity contribution in [2.45, 2.75) is 57.5 Å². The van der Waals surface area contributed by atoms with Gasteiger partial charge >= 0.3 is 0 Å². The number of halogens is 1. The third kappa shape index (κ3) is 5.74. The van der Waals surface area contributed by atoms with Crippen LogP contribution in [0.5, 0.6) is 0 Å². The SMILES string of the molecule is CN(C(=O)Cn1c(CCNC(=O)Cc2ccccc2Cl)nc2ccccc21)C1CCCCC1. The average molecular weight is 467 g/mol. The lowest BCUT2D eigenvalue weighted by Gasteiger charge is -2.31. The first-order valence-corrected chi connectivity index (χ1v) is 12.1. The molecule has 1 fully saturated rings. The summed E-state index contributed by atoms with van der Waals surface area (Å²) >= 11 is 6.16. The van der Waals surface area contributed by atoms with Crippen molar-refractivity contribution in [1.82, 2.24) is 19.8 Å². The fraction of sp³-hybridized carbons (Fsp3) is 0.423. The first-order valence-electron chi connectivity index (χ1n) is 11.7. The van der Waals surface area contributed by atoms with Gasteiger partial charge in [0.2, 0.25) is 11.8 Å². The molecule has 6 nitrogen and oxygen atoms in total. The van der Waals surface area contributed by atoms with Gasteiger partial charge in [0.05, 0.1) is 17.5 Å². The van der Waals surface area contributed by atoms with Crippen LogP contribution in [0.3, 0.4) is 0 Å². The molecule has 0 saturated heterocycles. The fourth-order valence-electron chi connectivity index (χ4n) is 4.60. The van der Waals surface area contributed by atoms with Crippen LogP contribution in [0.4, 0.5) is 0 Å². The van der Waals surface area contributed by atoms with Gasteiger partial charge in [-0.05, 0) is 36.6 Å². The summed E-state index contributed by atoms with van der Waals surface area (Å²) in [6, 6.07) is 15.6. The van der Waals surface area contributed by atoms with Crippen molar-refractivity contribution in [3.63, 3.8) is 0 Å². The Hall–Kier alpha value is -2.86. The standard InChI is InChI=1S/C26H31ClN4O2/c1-30(20-10-3-2-4-11-20)26(33)18-31-23-14-8-7-13-22(23)29-24(31)15-16-28-25(32)17-19-9-5-6-12-21(19)27/h5-9,12-14,20H,2-4,10-11,15-18H2,1H3,(H,28,32). The number of nitrogens with one attached hydrogen (secondary N) is 1. The van der Waals surface area contributed by atoms with Crippen molar-refractivity contribution in [2.24, 2.45) is 0 Å². The van der Waals surface area contributed by atoms with Gasteiger partial charge in [0.15, 0.2) is 0 Å². The number of fused-ring (bicyclic) bond motifs is 1. The molecule has 174 valence electrons. The molecule has 0 bridgehead atoms. The van der Waals surface area contributed by atoms with Crippen molar-refractivity contribution in [3.8, 4) is 0 Å². The number of hydrogen-bond donors (Lipinski definition) is 1. The normalized spacial score (nSPS) is 14.4. The number of imidazole rings is 1. The summed E-state index contributed by atoms with van der Waals surface area (Å²) in [4.78, 5) is 32.2. The van der Waals surface area contributed by atoms with Gasteiger partial charge in [-0.25, -0.2) is 4.98 Å². The molecule has 33 heavy (non-hydrogen) atoms. The maximum atomic E-state index is 13.1. The van der Waals surface area contributed by atoms with Crippen LogP contribution in [0.25, 0.3) is 11.0 Å². The van der Waals surface area contributed by atoms with Crippen LogP contribution in [0.15, 0.2) is 48.5 Å². The molecule has 0 radical (unpaired) electrons. The molecule has 2 amide bonds. The average Bonchev–Trinajstić information content (AvgIpc) is 3.17. The van der Waals surface area contributed by atoms with E-state index in [1.807, 2.05) is 59.0 Å². The van der Waals surface area contributed by atoms with Gasteiger partial charge in [0.1, 0.15) is 12.4 Å². The number of hydrogen-bond acceptors (Lipinski definition) is 3. The van der Waals surface area contributed by atoms with Crippen molar-refractivity contribution >= 4 is 34.4 Å². The molecule has 0 aliphatic heterocycles. The van der Waals surface area contributed by atoms with Gasteiger partial charge in [0.25, 0.3) is 0 Å². The topological polar surface area (TPSA) is 67.2 Å². The van der Waals surface area contributed by atoms with Crippen molar-refractivity contribution in [3.05, 3.63) is 64.9 Å². The second-order valence-electron chi connectivity index (χ2n) is 8.77. The quantitative estimate of drug-likeness (QED) is 0.535. The number of aromatic nitrogens is 2. The zero-order chi connectivity index (χ0) is 23.2. The third-order valence-corrected chi connectivity index (χ3v) is 6.89. The minimum Gasteiger partial charge on any atom is -0.355 e. The Morgan fingerprint density at radius 2 is 1.82 bits per heavy atom. The molecule has 7 heteroatoms. The van der Waals surface area contributed by atoms with Gasteiger partial charge in [-0.2, -0.15) is 0 Å². The molecule has 1 aliphatic rings. The van der Waals surface area contributed by atoms with Gasteiger partial charge in [-0.15, -0.1) is 0 Å². The van der Waals surface area contributed by atoms with Crippen LogP contribution < -0.4 is 5.32 Å². The lowest BCUT2D eigenvalue weighted by Crippen LogP contribution is -2.40. The molecule has 0 spiro atoms. The summed E-state index contributed by atoms with van der Waals surface area (Å²) in [7, 11) is 1.92. The maximum absolute atomic E-state index is 13.1. The van der Waals surface area contributed by atoms with E-state index in [9.17, 15) is 9.59 Å². The second kappa shape index (κ2) is 10.8. The van der Waals surface area contributed by atoms with Crippen molar-refractivity contribution in [2.75, 3.05) is 13.6 Å². The van der Waals surface area contributed by atoms with Crippen molar-refractivity contribution < 1.29 is 9.59 Å². The highest BCUT2D eigenvalue weighted by Gasteiger charge is 2.23. The molecule has 1 aromatic heterocycles. The summed E-state index contributed by atoms with van der Waals surface area (Å²) in [6.07, 6.45) is 6.58. The number of amides is 2. The highest BCUT2D eigenvalue weighted by molar-refractivity contribution is 6.31. The third-order valence-electron chi connectivity index (χ3n) is 6.52. The van der Waals surface area contributed by atoms with Crippen LogP contribution in [-0.2, 0) is 29.0 Å². The summed E-state index contributed by atoms with van der Waals surface area (Å²) in [5, 5.41) is 3.55. The van der Waals surface area contributed by atoms with Crippen LogP contribution in [-0.4, -0.2) is 45.9 Å². The van der Waals surface area contributed by atoms with Crippen LogP contribution >= 0.6 is 11.6 Å². The second-order valence-corrected chi connectivity index (χ2v) is 9.17. The van der Waals surface area contributed by atoms with E-state index in [1.165, 1.54) is 19.3 Å². The molecular formula is C26H31ClN4O2. The van der Waals surface area contributed by atoms with E-state index in [4.69, 9.17) is 16.6 Å². The van der Waals surface area contributed by atoms with E-state index in [0.717, 1.165) is 35.3 Å². The number of rotatable bonds is 8. The van der Waals surface area contributed by atoms with E-state index in [2.05, 4.69) is 5.32 Å². The van der Waals surface area contributed by atoms with Crippen LogP contribution in [0, 0.1) is 0 Å². The summed E-state index contributed by atoms with van der Waals surface area (Å²) in [5.74, 6) is 0.826. The molecule has 3 aromatic rings. The number of benzene rings is 2. The van der Waals surface area contributed by atoms with Gasteiger partial charge in [-0.1, -0.05) is 61.2 Å². The van der Waals surface area contributed by atoms with E-state index in [1.54, 1.807) is 6.07 Å². The Balaban J connectivity index is 1.42. The van der Waals surface area contributed by atoms with Crippen LogP contribution in [0.2, 0.25) is 5.02 Å². The molecule has 0 unspecified atom stereocenters. The lowest BCUT2D eigenvalue weighted by molar-refractivity contribution is -0.133. The Labute approximate surface area is 199 Å². The largest absolute Gasteiger partial charge is 0.355 e. The van der Waals surface area contributed by atoms with Crippen LogP contribution in [0.1, 0.15) is 43.5 Å². The molecule has 1 saturated carbocycles. The van der Waals surface area contributed by atoms with E-state index in [0.29, 0.717) is 24.0 Å². The lowest BCUT2D eigenvalue weighted by atomic mass is 9.94. The molecule has 2 aromatic carbocycles. The predicted molar refractivity (Wildman–Crippen MR) is 131 cm³/mol. The van der Waals surface area contributed by atoms with Gasteiger partial charge in [-0.3, -0.25) is 9.59 Å². The Kier molecular flexibility index (Phi) is 7.65. The fourth-order valence-corrected chi connectivity index (χ4v) is 4.80. The summed E-state index contributed by atoms with van der Waals surface area (Å²) < 4.78 is 2.00. The number of para-hydroxylation sites is 2. The van der Waals surface area contributed by atoms with E-state index in [-0.39, 0.29) is 24.8 Å². The number of carbonyl (C=O) groups excluding carboxylic acids is 2. The molecular weight excluding hydrogens is 436 g/mol. The van der Waals surface area contributed by atoms with E-state index >= 15 is 0 Å². The predicted octanol–water partition coefficient (Wildman–Crippen LogP) is 4.38. The van der Waals surface area contributed by atoms with Crippen molar-refractivity contribution in [1.29, 1.82) is 0 Å². The minimum absolute atomic E-state index is 0.0844. The molecule has 1 N–H and O–H groups in total. The first kappa shape index (κ1) is 23.3. The Morgan fingerprint density at radius 1 is 1.09 bits per heavy atom. The van der Waals surface area contributed by atoms with Gasteiger partial charge in [0, 0.05) is 31.1 Å². The summed E-state index contributed by atoms with van der Waals surface area (Å²) in [5.41, 5.74) is 2.61. The minimum atomic E-state index is -0.0844. The molecule has 1 aliphatic carbocycles. The maximum Gasteiger partial charge on any atom is 0.242 e. The molecule has 4 rings (SSSR count). The summed E-state index contributed by atoms with van der Waals surface area (Å²) in [6.45, 7) is 0.704. The van der Waals surface area contributed by atoms with E-state index < -0.39 is 0 Å². The highest BCUT2D eigenvalue weighted by Crippen LogP contribution is 2.23. The first-order chi connectivity index (χ1) is 16.0. The number of carbonyl (C=O) groups is 2. The van der Waals surface area contributed by atoms with Gasteiger partial charge < -0.3 is 14.8 Å². The number of likely N-dealkylation sites (N-methyl/N-ethyl adjacent to an activating group) is 1. The zero-order valence-corrected chi connectivity index (χ0v) is 19.9. The smallest absolute Gasteiger partial charge is 0.242 e. The molecule has 0 atom stereocenters. The Bertz CT molecular complexity index is 1120. The monoisotopic (exact) mass is 466 g/mol.